The molecule has 0 bridgehead atoms. The second-order valence-electron chi connectivity index (χ2n) is 3.66. The van der Waals surface area contributed by atoms with Gasteiger partial charge in [0.25, 0.3) is 0 Å². The van der Waals surface area contributed by atoms with E-state index in [2.05, 4.69) is 15.6 Å². The average Bonchev–Trinajstić information content (AvgIpc) is 2.35. The Balaban J connectivity index is 2.24. The molecule has 2 amide bonds. The predicted molar refractivity (Wildman–Crippen MR) is 64.0 cm³/mol. The molecule has 0 aromatic carbocycles. The van der Waals surface area contributed by atoms with Gasteiger partial charge in [0, 0.05) is 25.5 Å². The lowest BCUT2D eigenvalue weighted by Gasteiger charge is -2.05. The predicted octanol–water partition coefficient (Wildman–Crippen LogP) is 0.614. The van der Waals surface area contributed by atoms with Gasteiger partial charge in [-0.1, -0.05) is 6.92 Å². The summed E-state index contributed by atoms with van der Waals surface area (Å²) >= 11 is 0. The standard InChI is InChI=1S/C12H17N3O2/c1-2-5-14-11(16)8-12(17)15-9-10-3-6-13-7-4-10/h3-4,6-7H,2,5,8-9H2,1H3,(H,14,16)(H,15,17). The number of pyridine rings is 1. The average molecular weight is 235 g/mol. The first kappa shape index (κ1) is 13.2. The molecule has 17 heavy (non-hydrogen) atoms. The highest BCUT2D eigenvalue weighted by Gasteiger charge is 2.07. The summed E-state index contributed by atoms with van der Waals surface area (Å²) < 4.78 is 0. The molecule has 1 heterocycles. The van der Waals surface area contributed by atoms with Crippen molar-refractivity contribution in [2.75, 3.05) is 6.54 Å². The van der Waals surface area contributed by atoms with Gasteiger partial charge >= 0.3 is 0 Å². The molecular formula is C12H17N3O2. The number of carbonyl (C=O) groups excluding carboxylic acids is 2. The van der Waals surface area contributed by atoms with Gasteiger partial charge < -0.3 is 10.6 Å². The van der Waals surface area contributed by atoms with Crippen LogP contribution in [0.25, 0.3) is 0 Å². The fourth-order valence-corrected chi connectivity index (χ4v) is 1.24. The molecule has 5 heteroatoms. The quantitative estimate of drug-likeness (QED) is 0.710. The molecule has 1 aromatic heterocycles. The minimum Gasteiger partial charge on any atom is -0.356 e. The van der Waals surface area contributed by atoms with Crippen LogP contribution in [-0.2, 0) is 16.1 Å². The van der Waals surface area contributed by atoms with Crippen LogP contribution in [0.3, 0.4) is 0 Å². The number of hydrogen-bond donors (Lipinski definition) is 2. The van der Waals surface area contributed by atoms with Crippen LogP contribution in [0.5, 0.6) is 0 Å². The highest BCUT2D eigenvalue weighted by Crippen LogP contribution is 1.95. The maximum atomic E-state index is 11.4. The molecule has 5 nitrogen and oxygen atoms in total. The molecule has 0 radical (unpaired) electrons. The van der Waals surface area contributed by atoms with E-state index in [0.29, 0.717) is 13.1 Å². The van der Waals surface area contributed by atoms with Crippen molar-refractivity contribution in [3.8, 4) is 0 Å². The lowest BCUT2D eigenvalue weighted by atomic mass is 10.2. The third kappa shape index (κ3) is 5.65. The normalized spacial score (nSPS) is 9.71. The Bertz CT molecular complexity index is 365. The van der Waals surface area contributed by atoms with Crippen LogP contribution in [0.1, 0.15) is 25.3 Å². The third-order valence-electron chi connectivity index (χ3n) is 2.13. The molecule has 0 aliphatic carbocycles. The lowest BCUT2D eigenvalue weighted by Crippen LogP contribution is -2.31. The Kier molecular flexibility index (Phi) is 5.71. The molecule has 0 aliphatic rings. The minimum atomic E-state index is -0.268. The Hall–Kier alpha value is -1.91. The first-order chi connectivity index (χ1) is 8.22. The number of nitrogens with one attached hydrogen (secondary N) is 2. The van der Waals surface area contributed by atoms with Gasteiger partial charge in [0.15, 0.2) is 0 Å². The van der Waals surface area contributed by atoms with E-state index >= 15 is 0 Å². The van der Waals surface area contributed by atoms with Crippen molar-refractivity contribution in [3.05, 3.63) is 30.1 Å². The van der Waals surface area contributed by atoms with Crippen molar-refractivity contribution in [3.63, 3.8) is 0 Å². The largest absolute Gasteiger partial charge is 0.356 e. The molecule has 0 unspecified atom stereocenters. The molecular weight excluding hydrogens is 218 g/mol. The van der Waals surface area contributed by atoms with E-state index in [1.54, 1.807) is 12.4 Å². The summed E-state index contributed by atoms with van der Waals surface area (Å²) in [7, 11) is 0. The molecule has 2 N–H and O–H groups in total. The number of rotatable bonds is 6. The Labute approximate surface area is 101 Å². The van der Waals surface area contributed by atoms with Gasteiger partial charge in [0.05, 0.1) is 0 Å². The summed E-state index contributed by atoms with van der Waals surface area (Å²) in [5, 5.41) is 5.33. The van der Waals surface area contributed by atoms with Crippen LogP contribution in [0.15, 0.2) is 24.5 Å². The molecule has 0 spiro atoms. The van der Waals surface area contributed by atoms with Gasteiger partial charge in [-0.15, -0.1) is 0 Å². The Morgan fingerprint density at radius 2 is 1.82 bits per heavy atom. The third-order valence-corrected chi connectivity index (χ3v) is 2.13. The minimum absolute atomic E-state index is 0.120. The van der Waals surface area contributed by atoms with Crippen LogP contribution in [0.2, 0.25) is 0 Å². The van der Waals surface area contributed by atoms with Crippen LogP contribution in [0.4, 0.5) is 0 Å². The SMILES string of the molecule is CCCNC(=O)CC(=O)NCc1ccncc1. The van der Waals surface area contributed by atoms with Gasteiger partial charge in [-0.25, -0.2) is 0 Å². The maximum Gasteiger partial charge on any atom is 0.229 e. The summed E-state index contributed by atoms with van der Waals surface area (Å²) in [5.74, 6) is -0.505. The van der Waals surface area contributed by atoms with Crippen LogP contribution < -0.4 is 10.6 Å². The zero-order valence-corrected chi connectivity index (χ0v) is 9.90. The smallest absolute Gasteiger partial charge is 0.229 e. The number of amides is 2. The van der Waals surface area contributed by atoms with E-state index < -0.39 is 0 Å². The number of hydrogen-bond acceptors (Lipinski definition) is 3. The van der Waals surface area contributed by atoms with Crippen molar-refractivity contribution in [1.82, 2.24) is 15.6 Å². The first-order valence-corrected chi connectivity index (χ1v) is 5.64. The zero-order chi connectivity index (χ0) is 12.5. The fraction of sp³-hybridized carbons (Fsp3) is 0.417. The summed E-state index contributed by atoms with van der Waals surface area (Å²) in [6.07, 6.45) is 4.07. The van der Waals surface area contributed by atoms with E-state index in [4.69, 9.17) is 0 Å². The second kappa shape index (κ2) is 7.38. The molecule has 0 aliphatic heterocycles. The Morgan fingerprint density at radius 3 is 2.47 bits per heavy atom. The lowest BCUT2D eigenvalue weighted by molar-refractivity contribution is -0.129. The molecule has 1 aromatic rings. The van der Waals surface area contributed by atoms with Gasteiger partial charge in [-0.2, -0.15) is 0 Å². The highest BCUT2D eigenvalue weighted by molar-refractivity contribution is 5.96. The Morgan fingerprint density at radius 1 is 1.18 bits per heavy atom. The van der Waals surface area contributed by atoms with Crippen molar-refractivity contribution >= 4 is 11.8 Å². The van der Waals surface area contributed by atoms with Crippen molar-refractivity contribution in [1.29, 1.82) is 0 Å². The molecule has 0 fully saturated rings. The van der Waals surface area contributed by atoms with Crippen LogP contribution in [0, 0.1) is 0 Å². The van der Waals surface area contributed by atoms with E-state index in [-0.39, 0.29) is 18.2 Å². The van der Waals surface area contributed by atoms with E-state index in [1.165, 1.54) is 0 Å². The van der Waals surface area contributed by atoms with Crippen molar-refractivity contribution < 1.29 is 9.59 Å². The van der Waals surface area contributed by atoms with Gasteiger partial charge in [-0.3, -0.25) is 14.6 Å². The van der Waals surface area contributed by atoms with Crippen molar-refractivity contribution in [2.45, 2.75) is 26.3 Å². The summed E-state index contributed by atoms with van der Waals surface area (Å²) in [5.41, 5.74) is 0.960. The molecule has 0 saturated carbocycles. The van der Waals surface area contributed by atoms with Gasteiger partial charge in [0.2, 0.25) is 11.8 Å². The highest BCUT2D eigenvalue weighted by atomic mass is 16.2. The van der Waals surface area contributed by atoms with E-state index in [0.717, 1.165) is 12.0 Å². The molecule has 0 atom stereocenters. The maximum absolute atomic E-state index is 11.4. The summed E-state index contributed by atoms with van der Waals surface area (Å²) in [6, 6.07) is 3.63. The second-order valence-corrected chi connectivity index (χ2v) is 3.66. The number of nitrogens with zero attached hydrogens (tertiary/aromatic N) is 1. The molecule has 1 rings (SSSR count). The van der Waals surface area contributed by atoms with Crippen molar-refractivity contribution in [2.24, 2.45) is 0 Å². The topological polar surface area (TPSA) is 71.1 Å². The van der Waals surface area contributed by atoms with E-state index in [9.17, 15) is 9.59 Å². The van der Waals surface area contributed by atoms with Crippen LogP contribution in [-0.4, -0.2) is 23.3 Å². The first-order valence-electron chi connectivity index (χ1n) is 5.64. The molecule has 0 saturated heterocycles. The van der Waals surface area contributed by atoms with Crippen LogP contribution >= 0.6 is 0 Å². The number of carbonyl (C=O) groups is 2. The zero-order valence-electron chi connectivity index (χ0n) is 9.90. The van der Waals surface area contributed by atoms with Gasteiger partial charge in [-0.05, 0) is 24.1 Å². The van der Waals surface area contributed by atoms with E-state index in [1.807, 2.05) is 19.1 Å². The molecule has 92 valence electrons. The summed E-state index contributed by atoms with van der Waals surface area (Å²) in [6.45, 7) is 2.99. The summed E-state index contributed by atoms with van der Waals surface area (Å²) in [4.78, 5) is 26.5. The van der Waals surface area contributed by atoms with Gasteiger partial charge in [0.1, 0.15) is 6.42 Å². The number of aromatic nitrogens is 1. The monoisotopic (exact) mass is 235 g/mol. The fourth-order valence-electron chi connectivity index (χ4n) is 1.24.